The lowest BCUT2D eigenvalue weighted by Crippen LogP contribution is -2.30. The average Bonchev–Trinajstić information content (AvgIpc) is 2.49. The maximum absolute atomic E-state index is 12.9. The van der Waals surface area contributed by atoms with E-state index in [-0.39, 0.29) is 5.82 Å². The van der Waals surface area contributed by atoms with Crippen molar-refractivity contribution < 1.29 is 14.4 Å². The summed E-state index contributed by atoms with van der Waals surface area (Å²) in [6, 6.07) is 12.1. The normalized spacial score (nSPS) is 15.9. The van der Waals surface area contributed by atoms with Crippen LogP contribution in [0.2, 0.25) is 0 Å². The molecule has 0 aromatic heterocycles. The van der Waals surface area contributed by atoms with Gasteiger partial charge in [-0.2, -0.15) is 0 Å². The molecular formula is C17H16BFO2. The molecule has 0 spiro atoms. The summed E-state index contributed by atoms with van der Waals surface area (Å²) in [6.45, 7) is 0. The maximum atomic E-state index is 12.9. The second-order valence-corrected chi connectivity index (χ2v) is 5.43. The zero-order chi connectivity index (χ0) is 14.8. The van der Waals surface area contributed by atoms with Crippen molar-refractivity contribution in [2.45, 2.75) is 19.3 Å². The Morgan fingerprint density at radius 2 is 1.71 bits per heavy atom. The molecular weight excluding hydrogens is 266 g/mol. The smallest absolute Gasteiger partial charge is 0.423 e. The van der Waals surface area contributed by atoms with Crippen LogP contribution in [-0.4, -0.2) is 17.2 Å². The molecule has 0 amide bonds. The van der Waals surface area contributed by atoms with Gasteiger partial charge in [-0.3, -0.25) is 0 Å². The number of halogens is 1. The van der Waals surface area contributed by atoms with Crippen molar-refractivity contribution in [3.05, 3.63) is 70.5 Å². The van der Waals surface area contributed by atoms with E-state index in [1.54, 1.807) is 18.2 Å². The first-order valence-electron chi connectivity index (χ1n) is 7.05. The Morgan fingerprint density at radius 3 is 2.43 bits per heavy atom. The molecule has 0 bridgehead atoms. The van der Waals surface area contributed by atoms with E-state index >= 15 is 0 Å². The first-order chi connectivity index (χ1) is 10.1. The third kappa shape index (κ3) is 3.23. The van der Waals surface area contributed by atoms with Gasteiger partial charge in [-0.15, -0.1) is 0 Å². The molecule has 0 aliphatic heterocycles. The van der Waals surface area contributed by atoms with Crippen LogP contribution in [0.1, 0.15) is 23.1 Å². The summed E-state index contributed by atoms with van der Waals surface area (Å²) in [4.78, 5) is 0. The highest BCUT2D eigenvalue weighted by Gasteiger charge is 2.17. The van der Waals surface area contributed by atoms with E-state index in [0.717, 1.165) is 24.8 Å². The van der Waals surface area contributed by atoms with Crippen LogP contribution in [0.15, 0.2) is 48.0 Å². The fourth-order valence-corrected chi connectivity index (χ4v) is 2.76. The van der Waals surface area contributed by atoms with Crippen molar-refractivity contribution in [2.24, 2.45) is 0 Å². The third-order valence-electron chi connectivity index (χ3n) is 3.90. The Kier molecular flexibility index (Phi) is 3.91. The number of benzene rings is 2. The molecule has 0 radical (unpaired) electrons. The molecule has 0 saturated heterocycles. The SMILES string of the molecule is OB(O)c1ccc2c(c1)CC/C(=C/c1ccc(F)cc1)C2. The molecule has 2 aromatic carbocycles. The first-order valence-corrected chi connectivity index (χ1v) is 7.05. The minimum Gasteiger partial charge on any atom is -0.423 e. The highest BCUT2D eigenvalue weighted by atomic mass is 19.1. The summed E-state index contributed by atoms with van der Waals surface area (Å²) in [5.74, 6) is -0.221. The van der Waals surface area contributed by atoms with Gasteiger partial charge in [0, 0.05) is 0 Å². The van der Waals surface area contributed by atoms with Gasteiger partial charge in [0.1, 0.15) is 5.82 Å². The highest BCUT2D eigenvalue weighted by Crippen LogP contribution is 2.26. The average molecular weight is 282 g/mol. The number of aryl methyl sites for hydroxylation is 1. The third-order valence-corrected chi connectivity index (χ3v) is 3.90. The summed E-state index contributed by atoms with van der Waals surface area (Å²) in [7, 11) is -1.41. The second-order valence-electron chi connectivity index (χ2n) is 5.43. The van der Waals surface area contributed by atoms with Crippen LogP contribution >= 0.6 is 0 Å². The van der Waals surface area contributed by atoms with Gasteiger partial charge in [-0.25, -0.2) is 4.39 Å². The monoisotopic (exact) mass is 282 g/mol. The van der Waals surface area contributed by atoms with E-state index in [4.69, 9.17) is 0 Å². The minimum absolute atomic E-state index is 0.221. The molecule has 2 N–H and O–H groups in total. The Hall–Kier alpha value is -1.91. The van der Waals surface area contributed by atoms with Gasteiger partial charge in [0.05, 0.1) is 0 Å². The Labute approximate surface area is 123 Å². The van der Waals surface area contributed by atoms with Crippen molar-refractivity contribution in [1.82, 2.24) is 0 Å². The summed E-state index contributed by atoms with van der Waals surface area (Å²) in [5, 5.41) is 18.4. The molecule has 0 saturated carbocycles. The fraction of sp³-hybridized carbons (Fsp3) is 0.176. The van der Waals surface area contributed by atoms with Crippen molar-refractivity contribution in [1.29, 1.82) is 0 Å². The Balaban J connectivity index is 1.82. The van der Waals surface area contributed by atoms with Gasteiger partial charge in [0.2, 0.25) is 0 Å². The van der Waals surface area contributed by atoms with Crippen LogP contribution in [0.25, 0.3) is 6.08 Å². The molecule has 2 aromatic rings. The molecule has 0 heterocycles. The van der Waals surface area contributed by atoms with Gasteiger partial charge in [0.15, 0.2) is 0 Å². The molecule has 21 heavy (non-hydrogen) atoms. The largest absolute Gasteiger partial charge is 0.488 e. The van der Waals surface area contributed by atoms with E-state index in [1.807, 2.05) is 12.1 Å². The first kappa shape index (κ1) is 14.0. The topological polar surface area (TPSA) is 40.5 Å². The van der Waals surface area contributed by atoms with Crippen LogP contribution < -0.4 is 5.46 Å². The summed E-state index contributed by atoms with van der Waals surface area (Å²) in [6.07, 6.45) is 4.80. The molecule has 0 atom stereocenters. The standard InChI is InChI=1S/C17H16BFO2/c19-17-7-2-12(3-8-17)9-13-1-4-15-11-16(18(20)21)6-5-14(15)10-13/h2-3,5-9,11,20-21H,1,4,10H2/b13-9-. The van der Waals surface area contributed by atoms with Crippen molar-refractivity contribution >= 4 is 18.7 Å². The van der Waals surface area contributed by atoms with Crippen LogP contribution in [0, 0.1) is 5.82 Å². The van der Waals surface area contributed by atoms with Crippen molar-refractivity contribution in [3.63, 3.8) is 0 Å². The van der Waals surface area contributed by atoms with Crippen LogP contribution in [0.3, 0.4) is 0 Å². The van der Waals surface area contributed by atoms with Crippen LogP contribution in [0.4, 0.5) is 4.39 Å². The number of fused-ring (bicyclic) bond motifs is 1. The molecule has 4 heteroatoms. The van der Waals surface area contributed by atoms with Gasteiger partial charge >= 0.3 is 7.12 Å². The minimum atomic E-state index is -1.41. The van der Waals surface area contributed by atoms with Gasteiger partial charge in [-0.1, -0.05) is 42.0 Å². The lowest BCUT2D eigenvalue weighted by Gasteiger charge is -2.19. The molecule has 0 unspecified atom stereocenters. The molecule has 1 aliphatic rings. The molecule has 106 valence electrons. The number of allylic oxidation sites excluding steroid dienone is 1. The molecule has 3 rings (SSSR count). The Bertz CT molecular complexity index is 678. The number of hydrogen-bond donors (Lipinski definition) is 2. The Morgan fingerprint density at radius 1 is 0.952 bits per heavy atom. The zero-order valence-corrected chi connectivity index (χ0v) is 11.6. The molecule has 2 nitrogen and oxygen atoms in total. The second kappa shape index (κ2) is 5.84. The van der Waals surface area contributed by atoms with E-state index in [0.29, 0.717) is 5.46 Å². The summed E-state index contributed by atoms with van der Waals surface area (Å²) in [5.41, 5.74) is 5.26. The van der Waals surface area contributed by atoms with Gasteiger partial charge in [-0.05, 0) is 53.5 Å². The summed E-state index contributed by atoms with van der Waals surface area (Å²) >= 11 is 0. The number of hydrogen-bond acceptors (Lipinski definition) is 2. The highest BCUT2D eigenvalue weighted by molar-refractivity contribution is 6.58. The van der Waals surface area contributed by atoms with Crippen molar-refractivity contribution in [2.75, 3.05) is 0 Å². The lowest BCUT2D eigenvalue weighted by molar-refractivity contribution is 0.425. The fourth-order valence-electron chi connectivity index (χ4n) is 2.76. The maximum Gasteiger partial charge on any atom is 0.488 e. The lowest BCUT2D eigenvalue weighted by atomic mass is 9.76. The van der Waals surface area contributed by atoms with E-state index in [9.17, 15) is 14.4 Å². The van der Waals surface area contributed by atoms with E-state index < -0.39 is 7.12 Å². The molecule has 1 aliphatic carbocycles. The number of rotatable bonds is 2. The van der Waals surface area contributed by atoms with Gasteiger partial charge in [0.25, 0.3) is 0 Å². The van der Waals surface area contributed by atoms with Crippen molar-refractivity contribution in [3.8, 4) is 0 Å². The van der Waals surface area contributed by atoms with E-state index in [2.05, 4.69) is 6.08 Å². The summed E-state index contributed by atoms with van der Waals surface area (Å²) < 4.78 is 12.9. The molecule has 0 fully saturated rings. The quantitative estimate of drug-likeness (QED) is 0.828. The predicted octanol–water partition coefficient (Wildman–Crippen LogP) is 2.08. The zero-order valence-electron chi connectivity index (χ0n) is 11.6. The predicted molar refractivity (Wildman–Crippen MR) is 82.7 cm³/mol. The van der Waals surface area contributed by atoms with Crippen LogP contribution in [0.5, 0.6) is 0 Å². The van der Waals surface area contributed by atoms with Gasteiger partial charge < -0.3 is 10.0 Å². The van der Waals surface area contributed by atoms with Crippen LogP contribution in [-0.2, 0) is 12.8 Å². The van der Waals surface area contributed by atoms with E-state index in [1.165, 1.54) is 28.8 Å².